The van der Waals surface area contributed by atoms with Gasteiger partial charge in [0, 0.05) is 18.1 Å². The van der Waals surface area contributed by atoms with E-state index in [0.29, 0.717) is 5.69 Å². The molecule has 0 unspecified atom stereocenters. The lowest BCUT2D eigenvalue weighted by molar-refractivity contribution is -0.141. The Kier molecular flexibility index (Phi) is 5.88. The summed E-state index contributed by atoms with van der Waals surface area (Å²) in [6.45, 7) is 1.88. The van der Waals surface area contributed by atoms with Gasteiger partial charge in [0.05, 0.1) is 16.7 Å². The number of anilines is 2. The lowest BCUT2D eigenvalue weighted by atomic mass is 9.89. The number of nitrogens with zero attached hydrogens (tertiary/aromatic N) is 3. The molecule has 0 radical (unpaired) electrons. The smallest absolute Gasteiger partial charge is 0.324 e. The van der Waals surface area contributed by atoms with Gasteiger partial charge in [0.2, 0.25) is 16.0 Å². The second kappa shape index (κ2) is 8.52. The van der Waals surface area contributed by atoms with Crippen LogP contribution in [-0.4, -0.2) is 29.6 Å². The molecular formula is C23H24F3N5O2S2. The second-order valence-corrected chi connectivity index (χ2v) is 12.1. The molecule has 5 rings (SSSR count). The summed E-state index contributed by atoms with van der Waals surface area (Å²) < 4.78 is 66.6. The van der Waals surface area contributed by atoms with Crippen molar-refractivity contribution in [2.24, 2.45) is 11.8 Å². The predicted octanol–water partition coefficient (Wildman–Crippen LogP) is 5.24. The minimum absolute atomic E-state index is 0.153. The molecule has 35 heavy (non-hydrogen) atoms. The quantitative estimate of drug-likeness (QED) is 0.419. The van der Waals surface area contributed by atoms with Gasteiger partial charge in [0.15, 0.2) is 0 Å². The number of thiazole rings is 1. The maximum absolute atomic E-state index is 13.0. The third-order valence-electron chi connectivity index (χ3n) is 6.22. The molecule has 2 saturated carbocycles. The topological polar surface area (TPSA) is 96.9 Å². The molecule has 0 saturated heterocycles. The Labute approximate surface area is 205 Å². The second-order valence-electron chi connectivity index (χ2n) is 9.30. The van der Waals surface area contributed by atoms with E-state index >= 15 is 0 Å². The summed E-state index contributed by atoms with van der Waals surface area (Å²) in [5, 5.41) is 3.63. The normalized spacial score (nSPS) is 16.9. The van der Waals surface area contributed by atoms with Crippen molar-refractivity contribution < 1.29 is 21.6 Å². The van der Waals surface area contributed by atoms with Gasteiger partial charge in [0.1, 0.15) is 10.7 Å². The van der Waals surface area contributed by atoms with E-state index in [4.69, 9.17) is 0 Å². The Morgan fingerprint density at radius 1 is 1.06 bits per heavy atom. The van der Waals surface area contributed by atoms with Crippen molar-refractivity contribution in [3.63, 3.8) is 0 Å². The number of rotatable bonds is 8. The maximum atomic E-state index is 13.0. The molecule has 2 heterocycles. The van der Waals surface area contributed by atoms with E-state index in [2.05, 4.69) is 25.0 Å². The van der Waals surface area contributed by atoms with E-state index in [9.17, 15) is 21.6 Å². The molecule has 0 atom stereocenters. The van der Waals surface area contributed by atoms with Crippen molar-refractivity contribution in [1.29, 1.82) is 0 Å². The molecule has 3 aromatic rings. The summed E-state index contributed by atoms with van der Waals surface area (Å²) in [6, 6.07) is 6.37. The number of sulfonamides is 1. The number of benzene rings is 1. The molecule has 2 aromatic heterocycles. The summed E-state index contributed by atoms with van der Waals surface area (Å²) in [4.78, 5) is 13.0. The molecule has 0 aliphatic heterocycles. The van der Waals surface area contributed by atoms with Crippen LogP contribution in [-0.2, 0) is 21.7 Å². The SMILES string of the molecule is Cc1cc(Nc2nccc(C(F)(F)F)n2)cc(-c2cnc(C(NS(C)(=O)=O)(C3CC3)C3CC3)s2)c1. The molecule has 186 valence electrons. The zero-order chi connectivity index (χ0) is 25.0. The van der Waals surface area contributed by atoms with Gasteiger partial charge in [0.25, 0.3) is 0 Å². The van der Waals surface area contributed by atoms with Gasteiger partial charge in [-0.1, -0.05) is 6.07 Å². The summed E-state index contributed by atoms with van der Waals surface area (Å²) in [7, 11) is -3.44. The average Bonchev–Trinajstić information content (AvgIpc) is 3.68. The molecule has 1 aromatic carbocycles. The van der Waals surface area contributed by atoms with Gasteiger partial charge in [-0.25, -0.2) is 28.1 Å². The van der Waals surface area contributed by atoms with Gasteiger partial charge in [-0.2, -0.15) is 13.2 Å². The van der Waals surface area contributed by atoms with Crippen LogP contribution in [0.2, 0.25) is 0 Å². The Morgan fingerprint density at radius 2 is 1.74 bits per heavy atom. The van der Waals surface area contributed by atoms with Crippen molar-refractivity contribution in [3.05, 3.63) is 52.9 Å². The van der Waals surface area contributed by atoms with E-state index in [1.165, 1.54) is 17.6 Å². The molecule has 2 aliphatic carbocycles. The zero-order valence-electron chi connectivity index (χ0n) is 19.1. The van der Waals surface area contributed by atoms with Crippen LogP contribution in [0.1, 0.15) is 41.9 Å². The van der Waals surface area contributed by atoms with Crippen molar-refractivity contribution in [2.75, 3.05) is 11.6 Å². The average molecular weight is 524 g/mol. The lowest BCUT2D eigenvalue weighted by Gasteiger charge is -2.32. The Balaban J connectivity index is 1.47. The van der Waals surface area contributed by atoms with Crippen LogP contribution >= 0.6 is 11.3 Å². The zero-order valence-corrected chi connectivity index (χ0v) is 20.7. The minimum atomic E-state index is -4.56. The monoisotopic (exact) mass is 523 g/mol. The highest BCUT2D eigenvalue weighted by molar-refractivity contribution is 7.88. The van der Waals surface area contributed by atoms with Gasteiger partial charge in [-0.15, -0.1) is 11.3 Å². The highest BCUT2D eigenvalue weighted by Gasteiger charge is 2.58. The molecule has 0 spiro atoms. The third-order valence-corrected chi connectivity index (χ3v) is 8.13. The van der Waals surface area contributed by atoms with E-state index in [-0.39, 0.29) is 17.8 Å². The first-order valence-electron chi connectivity index (χ1n) is 11.2. The molecule has 2 fully saturated rings. The first-order valence-corrected chi connectivity index (χ1v) is 13.9. The number of alkyl halides is 3. The van der Waals surface area contributed by atoms with Crippen LogP contribution in [0.5, 0.6) is 0 Å². The van der Waals surface area contributed by atoms with Crippen molar-refractivity contribution in [3.8, 4) is 10.4 Å². The third kappa shape index (κ3) is 5.19. The Hall–Kier alpha value is -2.57. The number of hydrogen-bond acceptors (Lipinski definition) is 7. The fourth-order valence-electron chi connectivity index (χ4n) is 4.58. The van der Waals surface area contributed by atoms with E-state index in [1.807, 2.05) is 13.0 Å². The van der Waals surface area contributed by atoms with E-state index < -0.39 is 27.4 Å². The van der Waals surface area contributed by atoms with Crippen molar-refractivity contribution in [2.45, 2.75) is 44.3 Å². The van der Waals surface area contributed by atoms with Gasteiger partial charge >= 0.3 is 6.18 Å². The number of nitrogens with one attached hydrogen (secondary N) is 2. The molecule has 2 N–H and O–H groups in total. The van der Waals surface area contributed by atoms with Crippen LogP contribution in [0, 0.1) is 18.8 Å². The Morgan fingerprint density at radius 3 is 2.34 bits per heavy atom. The van der Waals surface area contributed by atoms with Crippen LogP contribution < -0.4 is 10.0 Å². The molecule has 2 aliphatic rings. The largest absolute Gasteiger partial charge is 0.433 e. The maximum Gasteiger partial charge on any atom is 0.433 e. The van der Waals surface area contributed by atoms with Crippen LogP contribution in [0.4, 0.5) is 24.8 Å². The fraction of sp³-hybridized carbons (Fsp3) is 0.435. The summed E-state index contributed by atoms with van der Waals surface area (Å²) in [5.74, 6) is 0.313. The van der Waals surface area contributed by atoms with Gasteiger partial charge in [-0.05, 0) is 73.8 Å². The number of aryl methyl sites for hydroxylation is 1. The van der Waals surface area contributed by atoms with Crippen LogP contribution in [0.15, 0.2) is 36.7 Å². The fourth-order valence-corrected chi connectivity index (χ4v) is 6.90. The molecule has 0 bridgehead atoms. The van der Waals surface area contributed by atoms with Gasteiger partial charge in [-0.3, -0.25) is 0 Å². The number of aromatic nitrogens is 3. The highest BCUT2D eigenvalue weighted by atomic mass is 32.2. The van der Waals surface area contributed by atoms with Crippen molar-refractivity contribution in [1.82, 2.24) is 19.7 Å². The minimum Gasteiger partial charge on any atom is -0.324 e. The predicted molar refractivity (Wildman–Crippen MR) is 128 cm³/mol. The number of hydrogen-bond donors (Lipinski definition) is 2. The summed E-state index contributed by atoms with van der Waals surface area (Å²) in [6.07, 6.45) is 3.28. The van der Waals surface area contributed by atoms with Crippen molar-refractivity contribution >= 4 is 33.0 Å². The standard InChI is InChI=1S/C23H24F3N5O2S2/c1-13-9-14(11-17(10-13)29-21-27-8-7-19(30-21)23(24,25)26)18-12-28-20(34-18)22(15-3-4-15,16-5-6-16)31-35(2,32)33/h7-12,15-16,31H,3-6H2,1-2H3,(H,27,29,30). The highest BCUT2D eigenvalue weighted by Crippen LogP contribution is 2.58. The van der Waals surface area contributed by atoms with Crippen LogP contribution in [0.25, 0.3) is 10.4 Å². The molecular weight excluding hydrogens is 499 g/mol. The Bertz CT molecular complexity index is 1350. The number of halogens is 3. The van der Waals surface area contributed by atoms with E-state index in [0.717, 1.165) is 59.0 Å². The first kappa shape index (κ1) is 24.1. The van der Waals surface area contributed by atoms with Gasteiger partial charge < -0.3 is 5.32 Å². The summed E-state index contributed by atoms with van der Waals surface area (Å²) >= 11 is 1.45. The first-order chi connectivity index (χ1) is 16.4. The molecule has 12 heteroatoms. The lowest BCUT2D eigenvalue weighted by Crippen LogP contribution is -2.49. The van der Waals surface area contributed by atoms with Crippen LogP contribution in [0.3, 0.4) is 0 Å². The van der Waals surface area contributed by atoms with E-state index in [1.54, 1.807) is 18.3 Å². The molecule has 0 amide bonds. The molecule has 7 nitrogen and oxygen atoms in total. The summed E-state index contributed by atoms with van der Waals surface area (Å²) in [5.41, 5.74) is 0.553.